The zero-order valence-electron chi connectivity index (χ0n) is 66.1. The van der Waals surface area contributed by atoms with Crippen LogP contribution in [-0.2, 0) is 95.3 Å². The number of fused-ring (bicyclic) bond motifs is 22. The van der Waals surface area contributed by atoms with Crippen LogP contribution in [0.15, 0.2) is 0 Å². The molecular weight excluding hydrogens is 1460 g/mol. The number of rotatable bonds is 15. The van der Waals surface area contributed by atoms with E-state index >= 15 is 0 Å². The number of cyclic esters (lactones) is 5. The van der Waals surface area contributed by atoms with Crippen molar-refractivity contribution >= 4 is 59.7 Å². The number of hydrogen-bond donors (Lipinski definition) is 0. The molecule has 24 atom stereocenters. The second-order valence-electron chi connectivity index (χ2n) is 39.8. The van der Waals surface area contributed by atoms with Crippen molar-refractivity contribution in [2.75, 3.05) is 33.0 Å². The van der Waals surface area contributed by atoms with Crippen LogP contribution < -0.4 is 0 Å². The van der Waals surface area contributed by atoms with Crippen molar-refractivity contribution in [2.24, 2.45) is 137 Å². The molecule has 17 aliphatic rings. The molecule has 0 aromatic heterocycles. The fourth-order valence-corrected chi connectivity index (χ4v) is 24.0. The van der Waals surface area contributed by atoms with Gasteiger partial charge in [0.15, 0.2) is 0 Å². The summed E-state index contributed by atoms with van der Waals surface area (Å²) < 4.78 is 55.3. The molecule has 12 bridgehead atoms. The van der Waals surface area contributed by atoms with Crippen LogP contribution in [0.4, 0.5) is 0 Å². The van der Waals surface area contributed by atoms with E-state index in [0.717, 1.165) is 147 Å². The van der Waals surface area contributed by atoms with E-state index in [2.05, 4.69) is 0 Å². The van der Waals surface area contributed by atoms with Gasteiger partial charge in [-0.25, -0.2) is 0 Å². The number of carbonyl (C=O) groups excluding carboxylic acids is 10. The third-order valence-electron chi connectivity index (χ3n) is 32.3. The normalized spacial score (nSPS) is 38.2. The summed E-state index contributed by atoms with van der Waals surface area (Å²) in [6.07, 6.45) is 23.8. The van der Waals surface area contributed by atoms with Gasteiger partial charge in [-0.15, -0.1) is 0 Å². The molecule has 12 saturated carbocycles. The predicted molar refractivity (Wildman–Crippen MR) is 450 cm³/mol. The van der Waals surface area contributed by atoms with E-state index in [1.807, 2.05) is 104 Å². The second kappa shape index (κ2) is 37.8. The van der Waals surface area contributed by atoms with Crippen molar-refractivity contribution in [3.05, 3.63) is 0 Å². The van der Waals surface area contributed by atoms with Gasteiger partial charge in [-0.2, -0.15) is 0 Å². The Labute approximate surface area is 697 Å². The Morgan fingerprint density at radius 3 is 1.07 bits per heavy atom. The van der Waals surface area contributed by atoms with Gasteiger partial charge in [0.2, 0.25) is 0 Å². The molecular formula is C95H166O20. The van der Waals surface area contributed by atoms with Crippen LogP contribution in [-0.4, -0.2) is 123 Å². The van der Waals surface area contributed by atoms with Gasteiger partial charge in [0.25, 0.3) is 0 Å². The Morgan fingerprint density at radius 2 is 0.696 bits per heavy atom. The zero-order valence-corrected chi connectivity index (χ0v) is 66.1. The van der Waals surface area contributed by atoms with Crippen molar-refractivity contribution in [1.82, 2.24) is 0 Å². The summed E-state index contributed by atoms with van der Waals surface area (Å²) >= 11 is 0. The first-order valence-corrected chi connectivity index (χ1v) is 41.3. The van der Waals surface area contributed by atoms with E-state index in [0.29, 0.717) is 117 Å². The molecule has 666 valence electrons. The Balaban J connectivity index is 0.000000365. The third-order valence-corrected chi connectivity index (χ3v) is 32.3. The van der Waals surface area contributed by atoms with E-state index in [-0.39, 0.29) is 197 Å². The minimum absolute atomic E-state index is 0. The first kappa shape index (κ1) is 104. The molecule has 0 radical (unpaired) electrons. The zero-order chi connectivity index (χ0) is 75.7. The minimum atomic E-state index is -0.439. The molecule has 20 heteroatoms. The number of ether oxygens (including phenoxy) is 10. The highest BCUT2D eigenvalue weighted by atomic mass is 16.6. The first-order chi connectivity index (χ1) is 49.4. The summed E-state index contributed by atoms with van der Waals surface area (Å²) in [7, 11) is 0. The van der Waals surface area contributed by atoms with Gasteiger partial charge < -0.3 is 47.4 Å². The molecule has 5 heterocycles. The highest BCUT2D eigenvalue weighted by molar-refractivity contribution is 5.83. The maximum Gasteiger partial charge on any atom is 0.312 e. The number of carbonyl (C=O) groups is 10. The van der Waals surface area contributed by atoms with E-state index in [1.54, 1.807) is 0 Å². The van der Waals surface area contributed by atoms with E-state index in [9.17, 15) is 47.9 Å². The van der Waals surface area contributed by atoms with Crippen LogP contribution in [0.25, 0.3) is 0 Å². The van der Waals surface area contributed by atoms with Crippen molar-refractivity contribution in [2.45, 2.75) is 376 Å². The van der Waals surface area contributed by atoms with E-state index in [1.165, 1.54) is 12.8 Å². The lowest BCUT2D eigenvalue weighted by Gasteiger charge is -2.44. The Bertz CT molecular complexity index is 3400. The minimum Gasteiger partial charge on any atom is -0.465 e. The summed E-state index contributed by atoms with van der Waals surface area (Å²) in [6, 6.07) is 0. The molecule has 0 N–H and O–H groups in total. The van der Waals surface area contributed by atoms with Gasteiger partial charge in [-0.1, -0.05) is 109 Å². The lowest BCUT2D eigenvalue weighted by atomic mass is 9.60. The van der Waals surface area contributed by atoms with Gasteiger partial charge in [-0.05, 0) is 294 Å². The van der Waals surface area contributed by atoms with E-state index < -0.39 is 27.1 Å². The molecule has 24 unspecified atom stereocenters. The molecule has 17 rings (SSSR count). The van der Waals surface area contributed by atoms with Crippen LogP contribution in [0, 0.1) is 137 Å². The predicted octanol–water partition coefficient (Wildman–Crippen LogP) is 20.7. The average Bonchev–Trinajstić information content (AvgIpc) is 1.52. The molecule has 0 aromatic carbocycles. The summed E-state index contributed by atoms with van der Waals surface area (Å²) in [6.45, 7) is 32.3. The summed E-state index contributed by atoms with van der Waals surface area (Å²) in [4.78, 5) is 121. The smallest absolute Gasteiger partial charge is 0.312 e. The third kappa shape index (κ3) is 18.3. The van der Waals surface area contributed by atoms with Crippen LogP contribution in [0.1, 0.15) is 345 Å². The molecule has 12 aliphatic carbocycles. The summed E-state index contributed by atoms with van der Waals surface area (Å²) in [5.41, 5.74) is -2.82. The standard InChI is InChI=1S/C21H30O4.4C16H24O4.10CH4/c1-4-20(2,3)18(22)25-15-9-11-7-13(15)17-14-8-12(16(11)17)10-21(14)5-6-24-19(21)23;1-4-15(2,3)14(18)20-12-6-11-5-10(12)7-16(11)8-13(17)19-9-16;1-4-15(2,3)14(18)20-12-6-10-5-11(12)16(7-10)8-13(17)19-9-16;1-4-15(2,3)13(17)20-12-8-11-7-10(12)9-16(11)5-6-19-14(16)18;1-4-15(2,3)13(17)20-12-8-10-7-11(12)16(9-10)5-6-19-14(16)18;;;;;;;;;;/h11-17H,4-10H2,1-3H3;4*10-12H,4-9H2,1-3H3;10*1H4. The average molecular weight is 1630 g/mol. The van der Waals surface area contributed by atoms with Gasteiger partial charge in [0.05, 0.1) is 89.2 Å². The molecule has 17 fully saturated rings. The van der Waals surface area contributed by atoms with Crippen molar-refractivity contribution in [3.63, 3.8) is 0 Å². The van der Waals surface area contributed by atoms with Crippen molar-refractivity contribution in [3.8, 4) is 0 Å². The molecule has 115 heavy (non-hydrogen) atoms. The summed E-state index contributed by atoms with van der Waals surface area (Å²) in [5.74, 6) is 6.39. The number of esters is 10. The van der Waals surface area contributed by atoms with Crippen LogP contribution in [0.5, 0.6) is 0 Å². The Hall–Kier alpha value is -5.30. The molecule has 5 spiro atoms. The van der Waals surface area contributed by atoms with Crippen LogP contribution >= 0.6 is 0 Å². The van der Waals surface area contributed by atoms with Gasteiger partial charge in [-0.3, -0.25) is 47.9 Å². The van der Waals surface area contributed by atoms with Crippen LogP contribution in [0.2, 0.25) is 0 Å². The molecule has 5 saturated heterocycles. The van der Waals surface area contributed by atoms with E-state index in [4.69, 9.17) is 47.4 Å². The monoisotopic (exact) mass is 1630 g/mol. The van der Waals surface area contributed by atoms with Gasteiger partial charge in [0, 0.05) is 22.7 Å². The first-order valence-electron chi connectivity index (χ1n) is 41.3. The molecule has 0 aromatic rings. The fraction of sp³-hybridized carbons (Fsp3) is 0.895. The van der Waals surface area contributed by atoms with Gasteiger partial charge in [0.1, 0.15) is 30.5 Å². The largest absolute Gasteiger partial charge is 0.465 e. The quantitative estimate of drug-likeness (QED) is 0.0838. The molecule has 5 aliphatic heterocycles. The van der Waals surface area contributed by atoms with Crippen molar-refractivity contribution in [1.29, 1.82) is 0 Å². The SMILES string of the molecule is C.C.C.C.C.C.C.C.C.C.CCC(C)(C)C(=O)OC1CC2CC1C1(CCOC1=O)C2.CCC(C)(C)C(=O)OC1CC2CC1C1(COC(=O)C1)C2.CCC(C)(C)C(=O)OC1CC2CC1C1C2C2CC1C1(CCOC1=O)C2.CCC(C)(C)C(=O)OC1CC2CC1CC21CCOC1=O.CCC(C)(C)C(=O)OC1CC2CC1CC21COC(=O)C1. The van der Waals surface area contributed by atoms with Crippen LogP contribution in [0.3, 0.4) is 0 Å². The second-order valence-corrected chi connectivity index (χ2v) is 39.8. The maximum absolute atomic E-state index is 12.6. The lowest BCUT2D eigenvalue weighted by Crippen LogP contribution is -2.46. The topological polar surface area (TPSA) is 263 Å². The highest BCUT2D eigenvalue weighted by Gasteiger charge is 2.73. The Morgan fingerprint density at radius 1 is 0.330 bits per heavy atom. The molecule has 0 amide bonds. The fourth-order valence-electron chi connectivity index (χ4n) is 24.0. The highest BCUT2D eigenvalue weighted by Crippen LogP contribution is 2.74. The molecule has 20 nitrogen and oxygen atoms in total. The van der Waals surface area contributed by atoms with Gasteiger partial charge >= 0.3 is 59.7 Å². The Kier molecular flexibility index (Phi) is 34.1. The van der Waals surface area contributed by atoms with Crippen molar-refractivity contribution < 1.29 is 95.3 Å². The lowest BCUT2D eigenvalue weighted by molar-refractivity contribution is -0.169. The number of hydrogen-bond acceptors (Lipinski definition) is 20. The maximum atomic E-state index is 12.6. The summed E-state index contributed by atoms with van der Waals surface area (Å²) in [5, 5.41) is 0.